The predicted octanol–water partition coefficient (Wildman–Crippen LogP) is 25.5. The van der Waals surface area contributed by atoms with E-state index in [-0.39, 0.29) is 0 Å². The smallest absolute Gasteiger partial charge is 0.180 e. The van der Waals surface area contributed by atoms with Crippen LogP contribution in [-0.2, 0) is 0 Å². The van der Waals surface area contributed by atoms with Crippen molar-refractivity contribution in [1.29, 1.82) is 0 Å². The third-order valence-electron chi connectivity index (χ3n) is 7.07. The number of thiophene rings is 1. The summed E-state index contributed by atoms with van der Waals surface area (Å²) >= 11 is 4.99. The zero-order valence-corrected chi connectivity index (χ0v) is 64.7. The Balaban J connectivity index is -0.000000101. The second kappa shape index (κ2) is 122. The van der Waals surface area contributed by atoms with Gasteiger partial charge in [-0.1, -0.05) is 215 Å². The molecule has 12 aromatic heterocycles. The van der Waals surface area contributed by atoms with Crippen molar-refractivity contribution in [3.8, 4) is 0 Å². The molecule has 19 heteroatoms. The zero-order chi connectivity index (χ0) is 73.7. The van der Waals surface area contributed by atoms with Gasteiger partial charge >= 0.3 is 0 Å². The minimum Gasteiger partial charge on any atom is -0.473 e. The first-order chi connectivity index (χ1) is 47.4. The second-order valence-corrected chi connectivity index (χ2v) is 14.5. The highest BCUT2D eigenvalue weighted by Crippen LogP contribution is 2.15. The molecule has 95 heavy (non-hydrogen) atoms. The van der Waals surface area contributed by atoms with Crippen molar-refractivity contribution in [3.05, 3.63) is 292 Å². The summed E-state index contributed by atoms with van der Waals surface area (Å²) in [5.41, 5.74) is 5.96. The van der Waals surface area contributed by atoms with Crippen LogP contribution in [0, 0.1) is 0 Å². The fourth-order valence-electron chi connectivity index (χ4n) is 4.13. The molecule has 0 atom stereocenters. The van der Waals surface area contributed by atoms with Crippen LogP contribution in [0.2, 0.25) is 0 Å². The van der Waals surface area contributed by atoms with Crippen molar-refractivity contribution < 1.29 is 8.83 Å². The highest BCUT2D eigenvalue weighted by atomic mass is 32.1. The summed E-state index contributed by atoms with van der Waals surface area (Å²) < 4.78 is 10.3. The van der Waals surface area contributed by atoms with Gasteiger partial charge < -0.3 is 23.8 Å². The van der Waals surface area contributed by atoms with Gasteiger partial charge in [0.1, 0.15) is 12.6 Å². The molecule has 0 aliphatic carbocycles. The van der Waals surface area contributed by atoms with Crippen LogP contribution in [0.15, 0.2) is 301 Å². The minimum absolute atomic E-state index is 1.10. The van der Waals surface area contributed by atoms with Crippen LogP contribution >= 0.6 is 34.0 Å². The largest absolute Gasteiger partial charge is 0.473 e. The molecule has 14 aromatic rings. The number of nitrogens with one attached hydrogen (secondary N) is 4. The van der Waals surface area contributed by atoms with Crippen molar-refractivity contribution in [2.75, 3.05) is 0 Å². The van der Waals surface area contributed by atoms with E-state index in [2.05, 4.69) is 103 Å². The zero-order valence-electron chi connectivity index (χ0n) is 62.2. The number of benzene rings is 2. The molecule has 4 N–H and O–H groups in total. The quantitative estimate of drug-likeness (QED) is 0.111. The summed E-state index contributed by atoms with van der Waals surface area (Å²) in [6, 6.07) is 39.3. The Hall–Kier alpha value is -9.30. The molecule has 12 heterocycles. The molecular weight excluding hydrogens is 1240 g/mol. The summed E-state index contributed by atoms with van der Waals surface area (Å²) in [6.45, 7) is 48.0. The van der Waals surface area contributed by atoms with Crippen LogP contribution in [0.3, 0.4) is 0 Å². The molecule has 0 saturated heterocycles. The number of thiazole rings is 2. The van der Waals surface area contributed by atoms with Gasteiger partial charge in [-0.2, -0.15) is 16.4 Å². The second-order valence-electron chi connectivity index (χ2n) is 12.1. The van der Waals surface area contributed by atoms with Gasteiger partial charge in [0.25, 0.3) is 0 Å². The number of hydrogen-bond acceptors (Lipinski definition) is 15. The Bertz CT molecular complexity index is 2280. The Labute approximate surface area is 588 Å². The van der Waals surface area contributed by atoms with Crippen molar-refractivity contribution in [3.63, 3.8) is 0 Å². The van der Waals surface area contributed by atoms with Gasteiger partial charge in [0.2, 0.25) is 0 Å². The van der Waals surface area contributed by atoms with E-state index in [9.17, 15) is 0 Å². The van der Waals surface area contributed by atoms with E-state index >= 15 is 0 Å². The summed E-state index contributed by atoms with van der Waals surface area (Å²) in [7, 11) is 0. The lowest BCUT2D eigenvalue weighted by molar-refractivity contribution is 0.558. The maximum absolute atomic E-state index is 4.58. The SMILES string of the molecule is CC.CC.CC.CC.CC.CC.CC.CC.CC.CC.CC.CC.c1c[nH]cn1.c1cc[nH]c1.c1ccc2[nH]ccc2c1.c1ccc2scnc2c1.c1ccncc1.c1ccoc1.c1ccsc1.c1cn[nH]c1.c1cnccn1.c1cncnc1.c1cocn1.c1cscn1. The average Bonchev–Trinajstić information content (AvgIpc) is 2.08. The normalized spacial score (nSPS) is 7.16. The molecule has 528 valence electrons. The molecule has 0 saturated carbocycles. The highest BCUT2D eigenvalue weighted by molar-refractivity contribution is 7.16. The lowest BCUT2D eigenvalue weighted by Gasteiger charge is -1.83. The predicted molar refractivity (Wildman–Crippen MR) is 422 cm³/mol. The summed E-state index contributed by atoms with van der Waals surface area (Å²) in [6.07, 6.45) is 38.7. The van der Waals surface area contributed by atoms with Crippen LogP contribution < -0.4 is 0 Å². The van der Waals surface area contributed by atoms with Crippen LogP contribution in [0.25, 0.3) is 21.1 Å². The summed E-state index contributed by atoms with van der Waals surface area (Å²) in [5, 5.41) is 13.5. The van der Waals surface area contributed by atoms with Crippen molar-refractivity contribution in [2.24, 2.45) is 0 Å². The number of imidazole rings is 1. The monoisotopic (exact) mass is 1360 g/mol. The van der Waals surface area contributed by atoms with Gasteiger partial charge in [0, 0.05) is 110 Å². The lowest BCUT2D eigenvalue weighted by Crippen LogP contribution is -1.66. The van der Waals surface area contributed by atoms with Crippen LogP contribution in [0.4, 0.5) is 0 Å². The fourth-order valence-corrected chi connectivity index (χ4v) is 5.61. The fraction of sp³-hybridized carbons (Fsp3) is 0.316. The van der Waals surface area contributed by atoms with E-state index < -0.39 is 0 Å². The average molecular weight is 1360 g/mol. The number of furan rings is 1. The molecule has 0 amide bonds. The van der Waals surface area contributed by atoms with Crippen molar-refractivity contribution in [2.45, 2.75) is 166 Å². The number of nitrogens with zero attached hydrogens (tertiary/aromatic N) is 10. The van der Waals surface area contributed by atoms with E-state index in [4.69, 9.17) is 0 Å². The van der Waals surface area contributed by atoms with Gasteiger partial charge in [-0.15, -0.1) is 22.7 Å². The molecule has 0 unspecified atom stereocenters. The van der Waals surface area contributed by atoms with Gasteiger partial charge in [0.05, 0.1) is 46.3 Å². The first-order valence-electron chi connectivity index (χ1n) is 33.0. The van der Waals surface area contributed by atoms with E-state index in [1.165, 1.54) is 34.6 Å². The van der Waals surface area contributed by atoms with Crippen LogP contribution in [0.1, 0.15) is 166 Å². The summed E-state index contributed by atoms with van der Waals surface area (Å²) in [4.78, 5) is 42.4. The Kier molecular flexibility index (Phi) is 138. The van der Waals surface area contributed by atoms with E-state index in [0.717, 1.165) is 5.52 Å². The Morgan fingerprint density at radius 1 is 0.326 bits per heavy atom. The number of aromatic nitrogens is 14. The Morgan fingerprint density at radius 2 is 0.874 bits per heavy atom. The standard InChI is InChI=1S/C8H7N.C7H5NS.C5H5N.2C4H4N2.C4H5N.C4H4O.C4H4S.2C3H4N2.C3H3NO.C3H3NS.12C2H6/c1-2-4-8-7(3-1)5-6-9-8;1-2-4-7-6(3-1)8-5-9-7;1-2-4-6-5-3-1;1-2-6-4-3-5-1;1-2-5-4-6-3-1;3*1-2-4-5-3-1;1-2-5-3-4-1;1-2-4-5-3-1;2*1-2-5-3-4-1;12*1-2/h1-6,9H;1-5H;1-5H;2*1-4H;1-5H;2*1-4H;2*1-3H,(H,4,5);2*1-3H;12*1-2H3. The van der Waals surface area contributed by atoms with E-state index in [1.807, 2.05) is 297 Å². The maximum Gasteiger partial charge on any atom is 0.180 e. The number of rotatable bonds is 0. The van der Waals surface area contributed by atoms with Gasteiger partial charge in [-0.05, 0) is 88.9 Å². The molecular formula is C76H124N14O2S3. The number of fused-ring (bicyclic) bond motifs is 2. The van der Waals surface area contributed by atoms with Gasteiger partial charge in [0.15, 0.2) is 6.39 Å². The number of pyridine rings is 1. The first-order valence-corrected chi connectivity index (χ1v) is 35.8. The van der Waals surface area contributed by atoms with E-state index in [1.54, 1.807) is 151 Å². The molecule has 0 fully saturated rings. The molecule has 0 bridgehead atoms. The van der Waals surface area contributed by atoms with Crippen LogP contribution in [-0.4, -0.2) is 70.0 Å². The third-order valence-corrected chi connectivity index (χ3v) is 9.03. The number of oxazole rings is 1. The topological polar surface area (TPSA) is 218 Å². The number of H-pyrrole nitrogens is 4. The first kappa shape index (κ1) is 107. The van der Waals surface area contributed by atoms with Gasteiger partial charge in [-0.3, -0.25) is 25.0 Å². The molecule has 2 aromatic carbocycles. The van der Waals surface area contributed by atoms with Crippen molar-refractivity contribution in [1.82, 2.24) is 70.0 Å². The third kappa shape index (κ3) is 96.0. The van der Waals surface area contributed by atoms with Crippen LogP contribution in [0.5, 0.6) is 0 Å². The highest BCUT2D eigenvalue weighted by Gasteiger charge is 1.90. The van der Waals surface area contributed by atoms with E-state index in [0.29, 0.717) is 0 Å². The molecule has 0 aliphatic heterocycles. The molecule has 0 aliphatic rings. The Morgan fingerprint density at radius 3 is 1.15 bits per heavy atom. The lowest BCUT2D eigenvalue weighted by atomic mass is 10.3. The molecule has 14 rings (SSSR count). The number of para-hydroxylation sites is 2. The number of hydrogen-bond donors (Lipinski definition) is 4. The molecule has 16 nitrogen and oxygen atoms in total. The maximum atomic E-state index is 4.58. The molecule has 0 radical (unpaired) electrons. The number of aromatic amines is 4. The molecule has 0 spiro atoms. The summed E-state index contributed by atoms with van der Waals surface area (Å²) in [5.74, 6) is 0. The minimum atomic E-state index is 1.10. The van der Waals surface area contributed by atoms with Gasteiger partial charge in [-0.25, -0.2) is 24.9 Å². The van der Waals surface area contributed by atoms with Crippen molar-refractivity contribution >= 4 is 55.1 Å².